The Balaban J connectivity index is 1.79. The number of hydrogen-bond donors (Lipinski definition) is 1. The van der Waals surface area contributed by atoms with Crippen molar-refractivity contribution in [1.82, 2.24) is 0 Å². The number of hydrogen-bond acceptors (Lipinski definition) is 2. The molecule has 0 radical (unpaired) electrons. The summed E-state index contributed by atoms with van der Waals surface area (Å²) in [5.41, 5.74) is 2.36. The zero-order chi connectivity index (χ0) is 13.2. The molecule has 1 saturated heterocycles. The molecular weight excluding hydrogens is 234 g/mol. The third-order valence-electron chi connectivity index (χ3n) is 4.95. The molecule has 2 heteroatoms. The van der Waals surface area contributed by atoms with Crippen molar-refractivity contribution in [2.45, 2.75) is 57.6 Å². The van der Waals surface area contributed by atoms with Gasteiger partial charge in [0.2, 0.25) is 0 Å². The summed E-state index contributed by atoms with van der Waals surface area (Å²) in [4.78, 5) is 2.62. The van der Waals surface area contributed by atoms with Crippen LogP contribution >= 0.6 is 0 Å². The van der Waals surface area contributed by atoms with Gasteiger partial charge < -0.3 is 10.0 Å². The number of aliphatic hydroxyl groups is 1. The van der Waals surface area contributed by atoms with Crippen molar-refractivity contribution in [2.75, 3.05) is 11.4 Å². The average Bonchev–Trinajstić information content (AvgIpc) is 2.47. The number of piperidine rings is 1. The van der Waals surface area contributed by atoms with E-state index in [1.165, 1.54) is 50.8 Å². The average molecular weight is 259 g/mol. The van der Waals surface area contributed by atoms with Crippen LogP contribution in [-0.2, 0) is 0 Å². The topological polar surface area (TPSA) is 23.5 Å². The summed E-state index contributed by atoms with van der Waals surface area (Å²) in [6.45, 7) is 3.03. The van der Waals surface area contributed by atoms with Crippen LogP contribution in [0.3, 0.4) is 0 Å². The third kappa shape index (κ3) is 2.64. The van der Waals surface area contributed by atoms with Gasteiger partial charge in [0.15, 0.2) is 0 Å². The normalized spacial score (nSPS) is 28.8. The lowest BCUT2D eigenvalue weighted by Crippen LogP contribution is -2.46. The van der Waals surface area contributed by atoms with Crippen LogP contribution in [0.1, 0.15) is 57.1 Å². The highest BCUT2D eigenvalue weighted by atomic mass is 16.3. The lowest BCUT2D eigenvalue weighted by Gasteiger charge is -2.45. The highest BCUT2D eigenvalue weighted by Gasteiger charge is 2.33. The molecule has 104 valence electrons. The minimum Gasteiger partial charge on any atom is -0.389 e. The smallest absolute Gasteiger partial charge is 0.0761 e. The second kappa shape index (κ2) is 5.54. The molecule has 2 nitrogen and oxygen atoms in total. The molecule has 3 atom stereocenters. The Hall–Kier alpha value is -1.02. The van der Waals surface area contributed by atoms with Crippen molar-refractivity contribution in [3.8, 4) is 0 Å². The van der Waals surface area contributed by atoms with Crippen molar-refractivity contribution in [3.05, 3.63) is 29.8 Å². The van der Waals surface area contributed by atoms with Crippen molar-refractivity contribution in [2.24, 2.45) is 5.92 Å². The van der Waals surface area contributed by atoms with Gasteiger partial charge in [-0.2, -0.15) is 0 Å². The Labute approximate surface area is 116 Å². The van der Waals surface area contributed by atoms with Gasteiger partial charge in [-0.1, -0.05) is 25.0 Å². The second-order valence-electron chi connectivity index (χ2n) is 6.22. The first-order valence-corrected chi connectivity index (χ1v) is 7.80. The quantitative estimate of drug-likeness (QED) is 0.870. The summed E-state index contributed by atoms with van der Waals surface area (Å²) >= 11 is 0. The zero-order valence-electron chi connectivity index (χ0n) is 11.9. The summed E-state index contributed by atoms with van der Waals surface area (Å²) in [6, 6.07) is 9.30. The minimum absolute atomic E-state index is 0.363. The minimum atomic E-state index is -0.363. The fourth-order valence-electron chi connectivity index (χ4n) is 3.89. The molecule has 3 rings (SSSR count). The van der Waals surface area contributed by atoms with Crippen LogP contribution in [0.15, 0.2) is 24.3 Å². The predicted molar refractivity (Wildman–Crippen MR) is 79.4 cm³/mol. The summed E-state index contributed by atoms with van der Waals surface area (Å²) in [6.07, 6.45) is 8.00. The van der Waals surface area contributed by atoms with Gasteiger partial charge in [-0.3, -0.25) is 0 Å². The molecule has 0 aromatic heterocycles. The monoisotopic (exact) mass is 259 g/mol. The number of anilines is 1. The lowest BCUT2D eigenvalue weighted by atomic mass is 9.78. The van der Waals surface area contributed by atoms with E-state index < -0.39 is 0 Å². The van der Waals surface area contributed by atoms with E-state index in [-0.39, 0.29) is 6.10 Å². The van der Waals surface area contributed by atoms with Crippen LogP contribution in [0.5, 0.6) is 0 Å². The summed E-state index contributed by atoms with van der Waals surface area (Å²) in [5, 5.41) is 9.60. The molecule has 2 aliphatic rings. The van der Waals surface area contributed by atoms with Crippen LogP contribution in [0, 0.1) is 5.92 Å². The fraction of sp³-hybridized carbons (Fsp3) is 0.647. The van der Waals surface area contributed by atoms with Crippen LogP contribution < -0.4 is 4.90 Å². The second-order valence-corrected chi connectivity index (χ2v) is 6.22. The SMILES string of the molecule is CC(O)c1ccc(N2CCCC3CCCCC32)cc1. The van der Waals surface area contributed by atoms with Gasteiger partial charge in [0.1, 0.15) is 0 Å². The Morgan fingerprint density at radius 2 is 1.74 bits per heavy atom. The van der Waals surface area contributed by atoms with Gasteiger partial charge in [-0.25, -0.2) is 0 Å². The molecule has 1 N–H and O–H groups in total. The molecule has 0 spiro atoms. The molecule has 1 aromatic rings. The summed E-state index contributed by atoms with van der Waals surface area (Å²) in [7, 11) is 0. The summed E-state index contributed by atoms with van der Waals surface area (Å²) in [5.74, 6) is 0.916. The number of aliphatic hydroxyl groups excluding tert-OH is 1. The number of benzene rings is 1. The molecule has 1 aliphatic heterocycles. The molecule has 3 unspecified atom stereocenters. The molecule has 1 saturated carbocycles. The first-order chi connectivity index (χ1) is 9.25. The van der Waals surface area contributed by atoms with Crippen LogP contribution in [0.4, 0.5) is 5.69 Å². The standard InChI is InChI=1S/C17H25NO/c1-13(19)14-8-10-16(11-9-14)18-12-4-6-15-5-2-3-7-17(15)18/h8-11,13,15,17,19H,2-7,12H2,1H3. The third-order valence-corrected chi connectivity index (χ3v) is 4.95. The fourth-order valence-corrected chi connectivity index (χ4v) is 3.89. The lowest BCUT2D eigenvalue weighted by molar-refractivity contribution is 0.199. The predicted octanol–water partition coefficient (Wildman–Crippen LogP) is 3.90. The van der Waals surface area contributed by atoms with Crippen LogP contribution in [-0.4, -0.2) is 17.7 Å². The van der Waals surface area contributed by atoms with Gasteiger partial charge in [-0.15, -0.1) is 0 Å². The number of nitrogens with zero attached hydrogens (tertiary/aromatic N) is 1. The first kappa shape index (κ1) is 13.0. The van der Waals surface area contributed by atoms with Gasteiger partial charge in [0.05, 0.1) is 6.10 Å². The van der Waals surface area contributed by atoms with Crippen molar-refractivity contribution in [3.63, 3.8) is 0 Å². The van der Waals surface area contributed by atoms with E-state index in [2.05, 4.69) is 29.2 Å². The molecular formula is C17H25NO. The number of fused-ring (bicyclic) bond motifs is 1. The molecule has 2 fully saturated rings. The maximum atomic E-state index is 9.60. The van der Waals surface area contributed by atoms with Crippen molar-refractivity contribution >= 4 is 5.69 Å². The van der Waals surface area contributed by atoms with Crippen molar-refractivity contribution < 1.29 is 5.11 Å². The Bertz CT molecular complexity index is 410. The van der Waals surface area contributed by atoms with Crippen LogP contribution in [0.25, 0.3) is 0 Å². The summed E-state index contributed by atoms with van der Waals surface area (Å²) < 4.78 is 0. The van der Waals surface area contributed by atoms with Gasteiger partial charge in [0, 0.05) is 18.3 Å². The van der Waals surface area contributed by atoms with E-state index in [0.29, 0.717) is 0 Å². The molecule has 1 aliphatic carbocycles. The molecule has 1 aromatic carbocycles. The zero-order valence-corrected chi connectivity index (χ0v) is 11.9. The van der Waals surface area contributed by atoms with Crippen LogP contribution in [0.2, 0.25) is 0 Å². The molecule has 19 heavy (non-hydrogen) atoms. The highest BCUT2D eigenvalue weighted by Crippen LogP contribution is 2.37. The maximum Gasteiger partial charge on any atom is 0.0761 e. The van der Waals surface area contributed by atoms with E-state index in [4.69, 9.17) is 0 Å². The van der Waals surface area contributed by atoms with Gasteiger partial charge in [0.25, 0.3) is 0 Å². The Morgan fingerprint density at radius 1 is 1.05 bits per heavy atom. The maximum absolute atomic E-state index is 9.60. The number of rotatable bonds is 2. The largest absolute Gasteiger partial charge is 0.389 e. The Kier molecular flexibility index (Phi) is 3.79. The van der Waals surface area contributed by atoms with E-state index >= 15 is 0 Å². The van der Waals surface area contributed by atoms with E-state index in [1.807, 2.05) is 6.92 Å². The molecule has 0 amide bonds. The van der Waals surface area contributed by atoms with Gasteiger partial charge >= 0.3 is 0 Å². The molecule has 1 heterocycles. The van der Waals surface area contributed by atoms with Gasteiger partial charge in [-0.05, 0) is 56.2 Å². The van der Waals surface area contributed by atoms with Crippen molar-refractivity contribution in [1.29, 1.82) is 0 Å². The first-order valence-electron chi connectivity index (χ1n) is 7.80. The van der Waals surface area contributed by atoms with E-state index in [9.17, 15) is 5.11 Å². The van der Waals surface area contributed by atoms with E-state index in [1.54, 1.807) is 0 Å². The molecule has 0 bridgehead atoms. The van der Waals surface area contributed by atoms with E-state index in [0.717, 1.165) is 17.5 Å². The highest BCUT2D eigenvalue weighted by molar-refractivity contribution is 5.49. The Morgan fingerprint density at radius 3 is 2.47 bits per heavy atom.